The van der Waals surface area contributed by atoms with Gasteiger partial charge in [-0.2, -0.15) is 0 Å². The number of fused-ring (bicyclic) bond motifs is 2. The summed E-state index contributed by atoms with van der Waals surface area (Å²) in [6, 6.07) is 8.26. The van der Waals surface area contributed by atoms with Gasteiger partial charge in [0.05, 0.1) is 16.8 Å². The number of alkyl halides is 1. The predicted octanol–water partition coefficient (Wildman–Crippen LogP) is 0.705. The molecule has 2 aromatic heterocycles. The molecule has 0 aromatic carbocycles. The monoisotopic (exact) mass is 445 g/mol. The molecule has 2 aliphatic heterocycles. The lowest BCUT2D eigenvalue weighted by atomic mass is 9.95. The normalized spacial score (nSPS) is 29.4. The van der Waals surface area contributed by atoms with Crippen LogP contribution in [0.15, 0.2) is 47.2 Å². The van der Waals surface area contributed by atoms with E-state index in [9.17, 15) is 9.90 Å². The summed E-state index contributed by atoms with van der Waals surface area (Å²) in [5.74, 6) is -0.589. The molecule has 2 bridgehead atoms. The van der Waals surface area contributed by atoms with Crippen molar-refractivity contribution >= 4 is 40.2 Å². The van der Waals surface area contributed by atoms with E-state index in [2.05, 4.69) is 19.2 Å². The second kappa shape index (κ2) is 7.85. The fourth-order valence-electron chi connectivity index (χ4n) is 3.97. The Balaban J connectivity index is 0.00000210. The summed E-state index contributed by atoms with van der Waals surface area (Å²) in [6.45, 7) is 0. The molecule has 0 amide bonds. The summed E-state index contributed by atoms with van der Waals surface area (Å²) in [7, 11) is 2.15. The lowest BCUT2D eigenvalue weighted by Crippen LogP contribution is -3.00. The number of hydrogen-bond donors (Lipinski definition) is 1. The number of piperidine rings is 1. The molecule has 1 fully saturated rings. The van der Waals surface area contributed by atoms with Crippen LogP contribution < -0.4 is 12.4 Å². The van der Waals surface area contributed by atoms with Gasteiger partial charge in [-0.15, -0.1) is 22.7 Å². The molecule has 4 rings (SSSR count). The number of hydrogen-bond acceptors (Lipinski definition) is 5. The van der Waals surface area contributed by atoms with E-state index < -0.39 is 11.6 Å². The number of quaternary nitrogens is 1. The predicted molar refractivity (Wildman–Crippen MR) is 104 cm³/mol. The average molecular weight is 446 g/mol. The van der Waals surface area contributed by atoms with Crippen LogP contribution in [0.1, 0.15) is 22.6 Å². The molecule has 2 aromatic rings. The first-order chi connectivity index (χ1) is 12.5. The molecule has 4 nitrogen and oxygen atoms in total. The summed E-state index contributed by atoms with van der Waals surface area (Å²) >= 11 is 8.92. The van der Waals surface area contributed by atoms with E-state index in [-0.39, 0.29) is 30.6 Å². The quantitative estimate of drug-likeness (QED) is 0.242. The highest BCUT2D eigenvalue weighted by molar-refractivity contribution is 7.12. The largest absolute Gasteiger partial charge is 1.00 e. The van der Waals surface area contributed by atoms with Gasteiger partial charge in [-0.25, -0.2) is 4.79 Å². The van der Waals surface area contributed by atoms with Crippen molar-refractivity contribution in [3.05, 3.63) is 56.9 Å². The summed E-state index contributed by atoms with van der Waals surface area (Å²) in [5, 5.41) is 15.0. The van der Waals surface area contributed by atoms with Gasteiger partial charge < -0.3 is 26.7 Å². The van der Waals surface area contributed by atoms with Gasteiger partial charge in [0.15, 0.2) is 6.00 Å². The number of aliphatic hydroxyl groups is 1. The zero-order chi connectivity index (χ0) is 18.4. The number of ether oxygens (including phenoxy) is 1. The van der Waals surface area contributed by atoms with Crippen LogP contribution in [0.4, 0.5) is 0 Å². The third-order valence-corrected chi connectivity index (χ3v) is 8.13. The number of carbonyl (C=O) groups excluding carboxylic acids is 1. The molecule has 8 heteroatoms. The van der Waals surface area contributed by atoms with Gasteiger partial charge in [0.2, 0.25) is 5.60 Å². The minimum atomic E-state index is -1.74. The molecular formula is C19H21Cl2NO3S2. The Labute approximate surface area is 178 Å². The zero-order valence-electron chi connectivity index (χ0n) is 14.8. The molecule has 1 saturated heterocycles. The number of thiophene rings is 2. The molecule has 2 aliphatic rings. The van der Waals surface area contributed by atoms with E-state index >= 15 is 0 Å². The van der Waals surface area contributed by atoms with E-state index in [0.29, 0.717) is 15.8 Å². The van der Waals surface area contributed by atoms with Crippen LogP contribution in [0.25, 0.3) is 0 Å². The Morgan fingerprint density at radius 3 is 2.15 bits per heavy atom. The lowest BCUT2D eigenvalue weighted by molar-refractivity contribution is -0.934. The van der Waals surface area contributed by atoms with E-state index in [0.717, 1.165) is 17.3 Å². The molecule has 0 radical (unpaired) electrons. The van der Waals surface area contributed by atoms with Crippen molar-refractivity contribution in [3.63, 3.8) is 0 Å². The SMILES string of the molecule is C[N+]1(CCl)C2C=CC1CC(OC(=O)C(O)(c1cccs1)c1cccs1)C2.[Cl-]. The summed E-state index contributed by atoms with van der Waals surface area (Å²) in [5.41, 5.74) is -1.74. The van der Waals surface area contributed by atoms with E-state index in [1.165, 1.54) is 22.7 Å². The van der Waals surface area contributed by atoms with E-state index in [4.69, 9.17) is 16.3 Å². The van der Waals surface area contributed by atoms with Crippen LogP contribution in [0.3, 0.4) is 0 Å². The first kappa shape index (κ1) is 20.8. The van der Waals surface area contributed by atoms with Crippen molar-refractivity contribution in [1.29, 1.82) is 0 Å². The number of nitrogens with zero attached hydrogens (tertiary/aromatic N) is 1. The highest BCUT2D eigenvalue weighted by Gasteiger charge is 2.51. The standard InChI is InChI=1S/C19H21ClNO3S2.ClH/c1-21(12-20)13-6-7-14(21)11-15(10-13)24-18(22)19(23,16-4-2-8-25-16)17-5-3-9-26-17;/h2-9,13-15,23H,10-12H2,1H3;1H/q+1;/p-1. The Morgan fingerprint density at radius 1 is 1.22 bits per heavy atom. The van der Waals surface area contributed by atoms with Gasteiger partial charge in [0.1, 0.15) is 18.2 Å². The molecule has 2 unspecified atom stereocenters. The fourth-order valence-corrected chi connectivity index (χ4v) is 6.04. The maximum absolute atomic E-state index is 13.1. The Hall–Kier alpha value is -0.890. The third-order valence-electron chi connectivity index (χ3n) is 5.66. The smallest absolute Gasteiger partial charge is 0.349 e. The molecule has 27 heavy (non-hydrogen) atoms. The molecule has 0 spiro atoms. The van der Waals surface area contributed by atoms with Crippen molar-refractivity contribution in [1.82, 2.24) is 0 Å². The van der Waals surface area contributed by atoms with E-state index in [1.54, 1.807) is 12.1 Å². The summed E-state index contributed by atoms with van der Waals surface area (Å²) in [4.78, 5) is 14.3. The van der Waals surface area contributed by atoms with Gasteiger partial charge in [-0.1, -0.05) is 23.7 Å². The van der Waals surface area contributed by atoms with Crippen molar-refractivity contribution in [2.24, 2.45) is 0 Å². The van der Waals surface area contributed by atoms with Crippen molar-refractivity contribution < 1.29 is 31.5 Å². The topological polar surface area (TPSA) is 46.5 Å². The van der Waals surface area contributed by atoms with Gasteiger partial charge in [0.25, 0.3) is 0 Å². The Kier molecular flexibility index (Phi) is 6.06. The third kappa shape index (κ3) is 3.37. The molecule has 2 atom stereocenters. The maximum Gasteiger partial charge on any atom is 0.349 e. The minimum absolute atomic E-state index is 0. The Morgan fingerprint density at radius 2 is 1.74 bits per heavy atom. The highest BCUT2D eigenvalue weighted by Crippen LogP contribution is 2.41. The first-order valence-corrected chi connectivity index (χ1v) is 10.9. The second-order valence-electron chi connectivity index (χ2n) is 7.15. The van der Waals surface area contributed by atoms with Gasteiger partial charge in [0, 0.05) is 12.8 Å². The molecule has 0 saturated carbocycles. The first-order valence-electron chi connectivity index (χ1n) is 8.59. The minimum Gasteiger partial charge on any atom is -1.00 e. The maximum atomic E-state index is 13.1. The summed E-state index contributed by atoms with van der Waals surface area (Å²) in [6.07, 6.45) is 5.62. The highest BCUT2D eigenvalue weighted by atomic mass is 35.5. The van der Waals surface area contributed by atoms with Crippen LogP contribution in [0, 0.1) is 0 Å². The number of likely N-dealkylation sites (N-methyl/N-ethyl adjacent to an activating group) is 1. The molecule has 1 N–H and O–H groups in total. The molecule has 4 heterocycles. The Bertz CT molecular complexity index is 757. The molecule has 146 valence electrons. The number of carbonyl (C=O) groups is 1. The van der Waals surface area contributed by atoms with Gasteiger partial charge >= 0.3 is 5.97 Å². The summed E-state index contributed by atoms with van der Waals surface area (Å²) < 4.78 is 6.61. The second-order valence-corrected chi connectivity index (χ2v) is 9.28. The van der Waals surface area contributed by atoms with Crippen molar-refractivity contribution in [3.8, 4) is 0 Å². The van der Waals surface area contributed by atoms with Crippen LogP contribution in [-0.2, 0) is 15.1 Å². The number of halogens is 2. The number of rotatable bonds is 5. The van der Waals surface area contributed by atoms with Crippen LogP contribution in [0.5, 0.6) is 0 Å². The lowest BCUT2D eigenvalue weighted by Gasteiger charge is -2.45. The fraction of sp³-hybridized carbons (Fsp3) is 0.421. The van der Waals surface area contributed by atoms with E-state index in [1.807, 2.05) is 22.9 Å². The van der Waals surface area contributed by atoms with Crippen molar-refractivity contribution in [2.45, 2.75) is 36.6 Å². The van der Waals surface area contributed by atoms with Crippen molar-refractivity contribution in [2.75, 3.05) is 13.1 Å². The van der Waals surface area contributed by atoms with Crippen LogP contribution in [0.2, 0.25) is 0 Å². The zero-order valence-corrected chi connectivity index (χ0v) is 17.9. The molecular weight excluding hydrogens is 425 g/mol. The van der Waals surface area contributed by atoms with Crippen LogP contribution in [-0.4, -0.2) is 46.8 Å². The van der Waals surface area contributed by atoms with Gasteiger partial charge in [-0.3, -0.25) is 0 Å². The number of esters is 1. The van der Waals surface area contributed by atoms with Crippen LogP contribution >= 0.6 is 34.3 Å². The average Bonchev–Trinajstić information content (AvgIpc) is 3.37. The van der Waals surface area contributed by atoms with Gasteiger partial charge in [-0.05, 0) is 35.0 Å². The molecule has 0 aliphatic carbocycles.